The van der Waals surface area contributed by atoms with Gasteiger partial charge in [0.25, 0.3) is 0 Å². The molecule has 0 saturated heterocycles. The van der Waals surface area contributed by atoms with Gasteiger partial charge in [-0.3, -0.25) is 0 Å². The Labute approximate surface area is 108 Å². The first-order chi connectivity index (χ1) is 8.20. The normalized spacial score (nSPS) is 10.8. The Hall–Kier alpha value is -1.04. The summed E-state index contributed by atoms with van der Waals surface area (Å²) in [4.78, 5) is 0. The Balaban J connectivity index is 2.24. The van der Waals surface area contributed by atoms with Crippen LogP contribution in [-0.4, -0.2) is 23.8 Å². The van der Waals surface area contributed by atoms with Crippen LogP contribution >= 0.6 is 22.9 Å². The average Bonchev–Trinajstić information content (AvgIpc) is 2.75. The van der Waals surface area contributed by atoms with E-state index in [0.717, 1.165) is 18.0 Å². The summed E-state index contributed by atoms with van der Waals surface area (Å²) in [6, 6.07) is 4.56. The molecular weight excluding hydrogens is 261 g/mol. The fraction of sp³-hybridized carbons (Fsp3) is 0.273. The molecule has 1 heterocycles. The summed E-state index contributed by atoms with van der Waals surface area (Å²) in [6.07, 6.45) is 0.795. The highest BCUT2D eigenvalue weighted by Crippen LogP contribution is 2.27. The van der Waals surface area contributed by atoms with Gasteiger partial charge < -0.3 is 5.32 Å². The van der Waals surface area contributed by atoms with Crippen molar-refractivity contribution in [2.24, 2.45) is 0 Å². The molecule has 0 fully saturated rings. The van der Waals surface area contributed by atoms with Gasteiger partial charge in [0.2, 0.25) is 0 Å². The Bertz CT molecular complexity index is 515. The second kappa shape index (κ2) is 5.53. The lowest BCUT2D eigenvalue weighted by molar-refractivity contribution is 0.631. The van der Waals surface area contributed by atoms with Crippen LogP contribution in [0.4, 0.5) is 4.39 Å². The minimum Gasteiger partial charge on any atom is -0.319 e. The molecule has 0 unspecified atom stereocenters. The number of hydrogen-bond acceptors (Lipinski definition) is 4. The largest absolute Gasteiger partial charge is 0.319 e. The predicted molar refractivity (Wildman–Crippen MR) is 67.9 cm³/mol. The van der Waals surface area contributed by atoms with E-state index in [-0.39, 0.29) is 5.82 Å². The first kappa shape index (κ1) is 12.4. The number of benzene rings is 1. The second-order valence-electron chi connectivity index (χ2n) is 3.48. The number of hydrogen-bond donors (Lipinski definition) is 1. The number of nitrogens with zero attached hydrogens (tertiary/aromatic N) is 2. The van der Waals surface area contributed by atoms with Crippen LogP contribution in [0.5, 0.6) is 0 Å². The molecule has 3 nitrogen and oxygen atoms in total. The fourth-order valence-corrected chi connectivity index (χ4v) is 2.38. The molecule has 1 N–H and O–H groups in total. The van der Waals surface area contributed by atoms with Gasteiger partial charge in [-0.1, -0.05) is 22.9 Å². The van der Waals surface area contributed by atoms with E-state index in [1.54, 1.807) is 12.1 Å². The van der Waals surface area contributed by atoms with Crippen LogP contribution in [0.3, 0.4) is 0 Å². The van der Waals surface area contributed by atoms with E-state index in [9.17, 15) is 4.39 Å². The highest BCUT2D eigenvalue weighted by Gasteiger charge is 2.11. The summed E-state index contributed by atoms with van der Waals surface area (Å²) in [5.41, 5.74) is 0.447. The summed E-state index contributed by atoms with van der Waals surface area (Å²) >= 11 is 7.10. The first-order valence-corrected chi connectivity index (χ1v) is 6.32. The van der Waals surface area contributed by atoms with Crippen LogP contribution in [0.15, 0.2) is 18.2 Å². The highest BCUT2D eigenvalue weighted by atomic mass is 35.5. The van der Waals surface area contributed by atoms with Crippen LogP contribution < -0.4 is 5.32 Å². The molecule has 0 spiro atoms. The van der Waals surface area contributed by atoms with Crippen LogP contribution in [0.1, 0.15) is 5.01 Å². The maximum Gasteiger partial charge on any atom is 0.150 e. The van der Waals surface area contributed by atoms with Gasteiger partial charge in [-0.25, -0.2) is 4.39 Å². The lowest BCUT2D eigenvalue weighted by Crippen LogP contribution is -2.09. The molecule has 1 aromatic carbocycles. The van der Waals surface area contributed by atoms with Crippen molar-refractivity contribution in [3.63, 3.8) is 0 Å². The fourth-order valence-electron chi connectivity index (χ4n) is 1.36. The molecule has 2 aromatic rings. The molecule has 6 heteroatoms. The third kappa shape index (κ3) is 3.00. The van der Waals surface area contributed by atoms with E-state index in [0.29, 0.717) is 15.6 Å². The molecule has 90 valence electrons. The zero-order chi connectivity index (χ0) is 12.3. The number of nitrogens with one attached hydrogen (secondary N) is 1. The lowest BCUT2D eigenvalue weighted by atomic mass is 10.2. The molecule has 0 aliphatic rings. The highest BCUT2D eigenvalue weighted by molar-refractivity contribution is 7.14. The van der Waals surface area contributed by atoms with E-state index >= 15 is 0 Å². The Morgan fingerprint density at radius 2 is 2.24 bits per heavy atom. The molecule has 0 amide bonds. The summed E-state index contributed by atoms with van der Waals surface area (Å²) in [5, 5.41) is 12.9. The molecule has 2 rings (SSSR count). The summed E-state index contributed by atoms with van der Waals surface area (Å²) < 4.78 is 13.6. The van der Waals surface area contributed by atoms with Crippen LogP contribution in [0, 0.1) is 5.82 Å². The monoisotopic (exact) mass is 271 g/mol. The Morgan fingerprint density at radius 3 is 2.94 bits per heavy atom. The minimum atomic E-state index is -0.367. The van der Waals surface area contributed by atoms with E-state index in [1.807, 2.05) is 7.05 Å². The van der Waals surface area contributed by atoms with Crippen molar-refractivity contribution >= 4 is 22.9 Å². The van der Waals surface area contributed by atoms with Crippen molar-refractivity contribution in [3.05, 3.63) is 34.0 Å². The molecule has 0 bridgehead atoms. The van der Waals surface area contributed by atoms with Crippen LogP contribution in [0.25, 0.3) is 10.6 Å². The van der Waals surface area contributed by atoms with Crippen molar-refractivity contribution in [2.45, 2.75) is 6.42 Å². The van der Waals surface area contributed by atoms with E-state index in [1.165, 1.54) is 17.4 Å². The summed E-state index contributed by atoms with van der Waals surface area (Å²) in [6.45, 7) is 0.831. The predicted octanol–water partition coefficient (Wildman–Crippen LogP) is 2.76. The van der Waals surface area contributed by atoms with Crippen molar-refractivity contribution in [1.82, 2.24) is 15.5 Å². The van der Waals surface area contributed by atoms with Crippen molar-refractivity contribution in [3.8, 4) is 10.6 Å². The standard InChI is InChI=1S/C11H11ClFN3S/c1-14-5-4-10-15-16-11(17-10)8-3-2-7(12)6-9(8)13/h2-3,6,14H,4-5H2,1H3. The minimum absolute atomic E-state index is 0.367. The average molecular weight is 272 g/mol. The van der Waals surface area contributed by atoms with Gasteiger partial charge in [0.15, 0.2) is 5.01 Å². The van der Waals surface area contributed by atoms with Gasteiger partial charge in [-0.05, 0) is 25.2 Å². The molecule has 17 heavy (non-hydrogen) atoms. The van der Waals surface area contributed by atoms with Crippen molar-refractivity contribution < 1.29 is 4.39 Å². The topological polar surface area (TPSA) is 37.8 Å². The third-order valence-electron chi connectivity index (χ3n) is 2.22. The van der Waals surface area contributed by atoms with Gasteiger partial charge in [0, 0.05) is 23.6 Å². The number of likely N-dealkylation sites (N-methyl/N-ethyl adjacent to an activating group) is 1. The molecule has 0 aliphatic carbocycles. The zero-order valence-electron chi connectivity index (χ0n) is 9.20. The zero-order valence-corrected chi connectivity index (χ0v) is 10.8. The first-order valence-electron chi connectivity index (χ1n) is 5.13. The van der Waals surface area contributed by atoms with Crippen LogP contribution in [0.2, 0.25) is 5.02 Å². The van der Waals surface area contributed by atoms with Crippen molar-refractivity contribution in [1.29, 1.82) is 0 Å². The van der Waals surface area contributed by atoms with Gasteiger partial charge in [-0.2, -0.15) is 0 Å². The van der Waals surface area contributed by atoms with Gasteiger partial charge in [-0.15, -0.1) is 10.2 Å². The number of halogens is 2. The molecule has 0 atom stereocenters. The molecule has 0 saturated carbocycles. The third-order valence-corrected chi connectivity index (χ3v) is 3.47. The SMILES string of the molecule is CNCCc1nnc(-c2ccc(Cl)cc2F)s1. The maximum atomic E-state index is 13.6. The number of rotatable bonds is 4. The maximum absolute atomic E-state index is 13.6. The van der Waals surface area contributed by atoms with Gasteiger partial charge >= 0.3 is 0 Å². The quantitative estimate of drug-likeness (QED) is 0.929. The lowest BCUT2D eigenvalue weighted by Gasteiger charge is -1.98. The molecule has 0 radical (unpaired) electrons. The van der Waals surface area contributed by atoms with Crippen molar-refractivity contribution in [2.75, 3.05) is 13.6 Å². The molecule has 1 aromatic heterocycles. The van der Waals surface area contributed by atoms with E-state index in [4.69, 9.17) is 11.6 Å². The van der Waals surface area contributed by atoms with Crippen LogP contribution in [-0.2, 0) is 6.42 Å². The van der Waals surface area contributed by atoms with Gasteiger partial charge in [0.1, 0.15) is 10.8 Å². The molecule has 0 aliphatic heterocycles. The Morgan fingerprint density at radius 1 is 1.41 bits per heavy atom. The smallest absolute Gasteiger partial charge is 0.150 e. The number of aromatic nitrogens is 2. The van der Waals surface area contributed by atoms with E-state index < -0.39 is 0 Å². The molecular formula is C11H11ClFN3S. The van der Waals surface area contributed by atoms with Gasteiger partial charge in [0.05, 0.1) is 0 Å². The second-order valence-corrected chi connectivity index (χ2v) is 4.98. The summed E-state index contributed by atoms with van der Waals surface area (Å²) in [5.74, 6) is -0.367. The van der Waals surface area contributed by atoms with E-state index in [2.05, 4.69) is 15.5 Å². The summed E-state index contributed by atoms with van der Waals surface area (Å²) in [7, 11) is 1.88. The Kier molecular flexibility index (Phi) is 4.04.